The van der Waals surface area contributed by atoms with E-state index in [-0.39, 0.29) is 17.3 Å². The molecule has 0 spiro atoms. The number of carbonyl (C=O) groups is 2. The van der Waals surface area contributed by atoms with Crippen LogP contribution >= 0.6 is 0 Å². The van der Waals surface area contributed by atoms with E-state index >= 15 is 0 Å². The predicted octanol–water partition coefficient (Wildman–Crippen LogP) is 4.47. The highest BCUT2D eigenvalue weighted by Crippen LogP contribution is 2.24. The highest BCUT2D eigenvalue weighted by atomic mass is 16.5. The van der Waals surface area contributed by atoms with Crippen LogP contribution in [0.1, 0.15) is 31.8 Å². The van der Waals surface area contributed by atoms with Gasteiger partial charge in [0.1, 0.15) is 5.75 Å². The van der Waals surface area contributed by atoms with E-state index in [0.29, 0.717) is 28.1 Å². The second-order valence-corrected chi connectivity index (χ2v) is 6.42. The Morgan fingerprint density at radius 2 is 1.38 bits per heavy atom. The average Bonchev–Trinajstić information content (AvgIpc) is 2.77. The lowest BCUT2D eigenvalue weighted by Crippen LogP contribution is -2.21. The van der Waals surface area contributed by atoms with Gasteiger partial charge in [-0.15, -0.1) is 0 Å². The number of allylic oxidation sites excluding steroid dienone is 2. The quantitative estimate of drug-likeness (QED) is 0.682. The van der Waals surface area contributed by atoms with E-state index in [1.165, 1.54) is 6.08 Å². The maximum Gasteiger partial charge on any atom is 0.210 e. The summed E-state index contributed by atoms with van der Waals surface area (Å²) in [4.78, 5) is 25.2. The van der Waals surface area contributed by atoms with Crippen LogP contribution in [0.2, 0.25) is 0 Å². The molecule has 4 rings (SSSR count). The second kappa shape index (κ2) is 7.87. The van der Waals surface area contributed by atoms with Crippen LogP contribution in [-0.4, -0.2) is 18.7 Å². The number of nitrogens with one attached hydrogen (secondary N) is 1. The average molecular weight is 379 g/mol. The Labute approximate surface area is 168 Å². The smallest absolute Gasteiger partial charge is 0.210 e. The normalized spacial score (nSPS) is 12.4. The predicted molar refractivity (Wildman–Crippen MR) is 112 cm³/mol. The van der Waals surface area contributed by atoms with Crippen LogP contribution in [0.15, 0.2) is 84.6 Å². The first kappa shape index (κ1) is 18.3. The van der Waals surface area contributed by atoms with Crippen molar-refractivity contribution in [2.75, 3.05) is 12.4 Å². The van der Waals surface area contributed by atoms with Gasteiger partial charge in [0.05, 0.1) is 24.1 Å². The number of rotatable bonds is 3. The monoisotopic (exact) mass is 379 g/mol. The summed E-state index contributed by atoms with van der Waals surface area (Å²) in [5.41, 5.74) is 3.19. The molecule has 29 heavy (non-hydrogen) atoms. The summed E-state index contributed by atoms with van der Waals surface area (Å²) in [5, 5.41) is 3.09. The largest absolute Gasteiger partial charge is 0.495 e. The molecule has 0 radical (unpaired) electrons. The Morgan fingerprint density at radius 3 is 2.17 bits per heavy atom. The van der Waals surface area contributed by atoms with Crippen LogP contribution < -0.4 is 10.1 Å². The highest BCUT2D eigenvalue weighted by molar-refractivity contribution is 6.25. The van der Waals surface area contributed by atoms with Gasteiger partial charge in [0.2, 0.25) is 5.78 Å². The number of ether oxygens (including phenoxy) is 1. The summed E-state index contributed by atoms with van der Waals surface area (Å²) in [6.45, 7) is 0. The van der Waals surface area contributed by atoms with Crippen molar-refractivity contribution in [2.45, 2.75) is 0 Å². The van der Waals surface area contributed by atoms with E-state index in [2.05, 4.69) is 17.2 Å². The van der Waals surface area contributed by atoms with Gasteiger partial charge < -0.3 is 10.1 Å². The van der Waals surface area contributed by atoms with Crippen molar-refractivity contribution in [3.63, 3.8) is 0 Å². The summed E-state index contributed by atoms with van der Waals surface area (Å²) in [7, 11) is 1.60. The molecule has 0 bridgehead atoms. The van der Waals surface area contributed by atoms with Crippen molar-refractivity contribution in [3.05, 3.63) is 107 Å². The van der Waals surface area contributed by atoms with Crippen LogP contribution in [0.4, 0.5) is 5.69 Å². The third kappa shape index (κ3) is 3.67. The number of methoxy groups -OCH3 is 1. The maximum absolute atomic E-state index is 12.8. The Balaban J connectivity index is 1.67. The molecule has 4 heteroatoms. The van der Waals surface area contributed by atoms with Crippen LogP contribution in [-0.2, 0) is 0 Å². The molecule has 4 nitrogen and oxygen atoms in total. The molecule has 0 unspecified atom stereocenters. The number of anilines is 1. The van der Waals surface area contributed by atoms with Gasteiger partial charge in [0.25, 0.3) is 0 Å². The van der Waals surface area contributed by atoms with Crippen LogP contribution in [0.25, 0.3) is 0 Å². The third-order valence-electron chi connectivity index (χ3n) is 4.59. The molecule has 0 aromatic heterocycles. The molecule has 0 saturated heterocycles. The molecule has 0 fully saturated rings. The lowest BCUT2D eigenvalue weighted by atomic mass is 9.92. The van der Waals surface area contributed by atoms with Crippen molar-refractivity contribution in [1.29, 1.82) is 0 Å². The maximum atomic E-state index is 12.8. The lowest BCUT2D eigenvalue weighted by Gasteiger charge is -2.17. The molecule has 0 amide bonds. The van der Waals surface area contributed by atoms with Crippen LogP contribution in [0.3, 0.4) is 0 Å². The van der Waals surface area contributed by atoms with Crippen molar-refractivity contribution < 1.29 is 14.3 Å². The van der Waals surface area contributed by atoms with Gasteiger partial charge in [-0.3, -0.25) is 9.59 Å². The second-order valence-electron chi connectivity index (χ2n) is 6.42. The Morgan fingerprint density at radius 1 is 0.759 bits per heavy atom. The van der Waals surface area contributed by atoms with E-state index in [1.807, 2.05) is 48.5 Å². The number of ketones is 2. The van der Waals surface area contributed by atoms with Crippen LogP contribution in [0.5, 0.6) is 5.75 Å². The Hall–Kier alpha value is -4.10. The molecule has 1 aliphatic rings. The van der Waals surface area contributed by atoms with Gasteiger partial charge in [-0.05, 0) is 24.3 Å². The minimum Gasteiger partial charge on any atom is -0.495 e. The number of hydrogen-bond acceptors (Lipinski definition) is 4. The molecule has 0 aliphatic heterocycles. The van der Waals surface area contributed by atoms with Gasteiger partial charge >= 0.3 is 0 Å². The Bertz CT molecular complexity index is 1210. The van der Waals surface area contributed by atoms with Gasteiger partial charge in [-0.2, -0.15) is 0 Å². The van der Waals surface area contributed by atoms with Gasteiger partial charge in [-0.25, -0.2) is 0 Å². The van der Waals surface area contributed by atoms with E-state index in [4.69, 9.17) is 4.74 Å². The fourth-order valence-electron chi connectivity index (χ4n) is 3.14. The number of carbonyl (C=O) groups excluding carboxylic acids is 2. The fourth-order valence-corrected chi connectivity index (χ4v) is 3.14. The molecule has 0 heterocycles. The lowest BCUT2D eigenvalue weighted by molar-refractivity contribution is 0.0985. The molecular weight excluding hydrogens is 362 g/mol. The Kier molecular flexibility index (Phi) is 4.96. The fraction of sp³-hybridized carbons (Fsp3) is 0.0400. The zero-order chi connectivity index (χ0) is 20.2. The first-order chi connectivity index (χ1) is 14.2. The molecular formula is C25H17NO3. The van der Waals surface area contributed by atoms with E-state index in [1.54, 1.807) is 31.4 Å². The first-order valence-corrected chi connectivity index (χ1v) is 9.08. The molecule has 1 aliphatic carbocycles. The standard InChI is InChI=1S/C25H17NO3/c1-29-24-13-7-3-9-18(24)15-14-17-8-2-6-12-21(17)26-22-16-23(27)19-10-4-5-11-20(19)25(22)28/h2-13,16,26H,1H3. The van der Waals surface area contributed by atoms with Gasteiger partial charge in [0.15, 0.2) is 5.78 Å². The van der Waals surface area contributed by atoms with Crippen molar-refractivity contribution >= 4 is 17.3 Å². The molecule has 0 atom stereocenters. The van der Waals surface area contributed by atoms with Crippen molar-refractivity contribution in [3.8, 4) is 17.6 Å². The number of hydrogen-bond donors (Lipinski definition) is 1. The zero-order valence-electron chi connectivity index (χ0n) is 15.7. The van der Waals surface area contributed by atoms with Gasteiger partial charge in [-0.1, -0.05) is 60.4 Å². The molecule has 1 N–H and O–H groups in total. The SMILES string of the molecule is COc1ccccc1C#Cc1ccccc1NC1=CC(=O)c2ccccc2C1=O. The third-order valence-corrected chi connectivity index (χ3v) is 4.59. The minimum absolute atomic E-state index is 0.194. The highest BCUT2D eigenvalue weighted by Gasteiger charge is 2.25. The summed E-state index contributed by atoms with van der Waals surface area (Å²) >= 11 is 0. The minimum atomic E-state index is -0.215. The van der Waals surface area contributed by atoms with Gasteiger partial charge in [0, 0.05) is 22.8 Å². The molecule has 3 aromatic rings. The van der Waals surface area contributed by atoms with E-state index in [0.717, 1.165) is 5.56 Å². The van der Waals surface area contributed by atoms with Crippen LogP contribution in [0, 0.1) is 11.8 Å². The summed E-state index contributed by atoms with van der Waals surface area (Å²) < 4.78 is 5.34. The number of Topliss-reactive ketones (excluding diaryl/α,β-unsaturated/α-hetero) is 1. The topological polar surface area (TPSA) is 55.4 Å². The molecule has 3 aromatic carbocycles. The molecule has 0 saturated carbocycles. The summed E-state index contributed by atoms with van der Waals surface area (Å²) in [5.74, 6) is 6.51. The summed E-state index contributed by atoms with van der Waals surface area (Å²) in [6.07, 6.45) is 1.34. The number of fused-ring (bicyclic) bond motifs is 1. The number of para-hydroxylation sites is 2. The van der Waals surface area contributed by atoms with Crippen molar-refractivity contribution in [1.82, 2.24) is 0 Å². The summed E-state index contributed by atoms with van der Waals surface area (Å²) in [6, 6.07) is 21.7. The zero-order valence-corrected chi connectivity index (χ0v) is 15.7. The molecule has 140 valence electrons. The van der Waals surface area contributed by atoms with Crippen molar-refractivity contribution in [2.24, 2.45) is 0 Å². The first-order valence-electron chi connectivity index (χ1n) is 9.08. The number of benzene rings is 3. The van der Waals surface area contributed by atoms with E-state index < -0.39 is 0 Å². The van der Waals surface area contributed by atoms with E-state index in [9.17, 15) is 9.59 Å².